The summed E-state index contributed by atoms with van der Waals surface area (Å²) in [6, 6.07) is 7.41. The molecule has 0 bridgehead atoms. The minimum absolute atomic E-state index is 0.0119. The molecule has 0 unspecified atom stereocenters. The Kier molecular flexibility index (Phi) is 4.68. The number of anilines is 1. The number of nitrogens with zero attached hydrogens (tertiary/aromatic N) is 4. The van der Waals surface area contributed by atoms with Gasteiger partial charge in [-0.2, -0.15) is 10.1 Å². The molecule has 0 atom stereocenters. The van der Waals surface area contributed by atoms with Crippen LogP contribution in [0, 0.1) is 6.92 Å². The van der Waals surface area contributed by atoms with Crippen LogP contribution in [0.4, 0.5) is 5.95 Å². The molecule has 25 heavy (non-hydrogen) atoms. The van der Waals surface area contributed by atoms with Crippen molar-refractivity contribution in [3.8, 4) is 11.3 Å². The van der Waals surface area contributed by atoms with Crippen LogP contribution in [-0.4, -0.2) is 28.2 Å². The van der Waals surface area contributed by atoms with Gasteiger partial charge < -0.3 is 0 Å². The Hall–Kier alpha value is -2.16. The standard InChI is InChI=1S/C15H13Cl2N5O2S/c1-9-5-3-4-6-11(9)13-12(16)14(17)20-15(19-13)21-25(23,24)10-7-18-22(2)8-10/h3-8H,1-2H3,(H,19,20,21). The average molecular weight is 398 g/mol. The molecule has 0 saturated heterocycles. The van der Waals surface area contributed by atoms with Gasteiger partial charge in [-0.1, -0.05) is 47.5 Å². The number of aryl methyl sites for hydroxylation is 2. The number of aromatic nitrogens is 4. The molecule has 0 amide bonds. The molecule has 0 aliphatic rings. The van der Waals surface area contributed by atoms with Crippen LogP contribution >= 0.6 is 23.2 Å². The van der Waals surface area contributed by atoms with Crippen LogP contribution in [0.2, 0.25) is 10.2 Å². The zero-order valence-corrected chi connectivity index (χ0v) is 15.6. The summed E-state index contributed by atoms with van der Waals surface area (Å²) in [6.07, 6.45) is 2.59. The van der Waals surface area contributed by atoms with E-state index in [0.29, 0.717) is 5.69 Å². The average Bonchev–Trinajstić information content (AvgIpc) is 2.99. The molecule has 130 valence electrons. The summed E-state index contributed by atoms with van der Waals surface area (Å²) in [7, 11) is -2.28. The molecule has 0 radical (unpaired) electrons. The van der Waals surface area contributed by atoms with Gasteiger partial charge in [0.05, 0.1) is 11.9 Å². The van der Waals surface area contributed by atoms with Crippen molar-refractivity contribution in [3.63, 3.8) is 0 Å². The summed E-state index contributed by atoms with van der Waals surface area (Å²) in [5.74, 6) is -0.170. The third kappa shape index (κ3) is 3.60. The van der Waals surface area contributed by atoms with Crippen LogP contribution in [0.15, 0.2) is 41.6 Å². The summed E-state index contributed by atoms with van der Waals surface area (Å²) in [5, 5.41) is 3.95. The maximum absolute atomic E-state index is 12.4. The molecule has 7 nitrogen and oxygen atoms in total. The molecule has 0 aliphatic heterocycles. The zero-order chi connectivity index (χ0) is 18.2. The van der Waals surface area contributed by atoms with Crippen LogP contribution < -0.4 is 4.72 Å². The number of benzene rings is 1. The largest absolute Gasteiger partial charge is 0.274 e. The Morgan fingerprint density at radius 3 is 2.52 bits per heavy atom. The molecule has 0 aliphatic carbocycles. The number of hydrogen-bond acceptors (Lipinski definition) is 5. The van der Waals surface area contributed by atoms with Crippen molar-refractivity contribution in [1.29, 1.82) is 0 Å². The van der Waals surface area contributed by atoms with Gasteiger partial charge in [0.2, 0.25) is 5.95 Å². The number of nitrogens with one attached hydrogen (secondary N) is 1. The van der Waals surface area contributed by atoms with Gasteiger partial charge in [0.1, 0.15) is 9.92 Å². The van der Waals surface area contributed by atoms with Gasteiger partial charge in [0.15, 0.2) is 5.15 Å². The first-order chi connectivity index (χ1) is 11.8. The predicted octanol–water partition coefficient (Wildman–Crippen LogP) is 3.29. The van der Waals surface area contributed by atoms with E-state index in [9.17, 15) is 8.42 Å². The maximum atomic E-state index is 12.4. The van der Waals surface area contributed by atoms with E-state index in [1.165, 1.54) is 17.1 Å². The number of sulfonamides is 1. The molecule has 0 fully saturated rings. The molecular formula is C15H13Cl2N5O2S. The van der Waals surface area contributed by atoms with Crippen molar-refractivity contribution in [2.45, 2.75) is 11.8 Å². The summed E-state index contributed by atoms with van der Waals surface area (Å²) < 4.78 is 28.5. The zero-order valence-electron chi connectivity index (χ0n) is 13.2. The fraction of sp³-hybridized carbons (Fsp3) is 0.133. The van der Waals surface area contributed by atoms with Crippen molar-refractivity contribution < 1.29 is 8.42 Å². The highest BCUT2D eigenvalue weighted by atomic mass is 35.5. The SMILES string of the molecule is Cc1ccccc1-c1nc(NS(=O)(=O)c2cnn(C)c2)nc(Cl)c1Cl. The lowest BCUT2D eigenvalue weighted by Crippen LogP contribution is -2.15. The van der Waals surface area contributed by atoms with Gasteiger partial charge in [-0.05, 0) is 12.5 Å². The molecule has 3 aromatic rings. The first-order valence-electron chi connectivity index (χ1n) is 7.08. The van der Waals surface area contributed by atoms with Crippen LogP contribution in [0.5, 0.6) is 0 Å². The highest BCUT2D eigenvalue weighted by Gasteiger charge is 2.21. The molecule has 0 saturated carbocycles. The molecular weight excluding hydrogens is 385 g/mol. The van der Waals surface area contributed by atoms with Crippen molar-refractivity contribution in [1.82, 2.24) is 19.7 Å². The van der Waals surface area contributed by atoms with E-state index in [1.807, 2.05) is 31.2 Å². The summed E-state index contributed by atoms with van der Waals surface area (Å²) in [4.78, 5) is 8.14. The minimum atomic E-state index is -3.89. The first-order valence-corrected chi connectivity index (χ1v) is 9.32. The van der Waals surface area contributed by atoms with E-state index in [0.717, 1.165) is 11.1 Å². The van der Waals surface area contributed by atoms with Crippen molar-refractivity contribution in [3.05, 3.63) is 52.4 Å². The Morgan fingerprint density at radius 1 is 1.16 bits per heavy atom. The summed E-state index contributed by atoms with van der Waals surface area (Å²) in [6.45, 7) is 1.89. The van der Waals surface area contributed by atoms with Crippen LogP contribution in [0.1, 0.15) is 5.56 Å². The second-order valence-electron chi connectivity index (χ2n) is 5.27. The fourth-order valence-corrected chi connectivity index (χ4v) is 3.48. The third-order valence-corrected chi connectivity index (χ3v) is 5.44. The van der Waals surface area contributed by atoms with Crippen molar-refractivity contribution in [2.24, 2.45) is 7.05 Å². The molecule has 2 heterocycles. The Morgan fingerprint density at radius 2 is 1.88 bits per heavy atom. The number of hydrogen-bond donors (Lipinski definition) is 1. The van der Waals surface area contributed by atoms with E-state index >= 15 is 0 Å². The fourth-order valence-electron chi connectivity index (χ4n) is 2.20. The Balaban J connectivity index is 2.06. The van der Waals surface area contributed by atoms with E-state index < -0.39 is 10.0 Å². The molecule has 1 N–H and O–H groups in total. The van der Waals surface area contributed by atoms with Gasteiger partial charge in [0.25, 0.3) is 10.0 Å². The van der Waals surface area contributed by atoms with E-state index in [-0.39, 0.29) is 21.0 Å². The van der Waals surface area contributed by atoms with Crippen molar-refractivity contribution >= 4 is 39.2 Å². The van der Waals surface area contributed by atoms with Crippen LogP contribution in [0.3, 0.4) is 0 Å². The predicted molar refractivity (Wildman–Crippen MR) is 96.2 cm³/mol. The van der Waals surface area contributed by atoms with E-state index in [2.05, 4.69) is 19.8 Å². The second kappa shape index (κ2) is 6.62. The Labute approximate surface area is 154 Å². The summed E-state index contributed by atoms with van der Waals surface area (Å²) >= 11 is 12.3. The summed E-state index contributed by atoms with van der Waals surface area (Å²) in [5.41, 5.74) is 2.00. The molecule has 0 spiro atoms. The first kappa shape index (κ1) is 17.7. The topological polar surface area (TPSA) is 89.8 Å². The lowest BCUT2D eigenvalue weighted by atomic mass is 10.1. The smallest absolute Gasteiger partial charge is 0.267 e. The van der Waals surface area contributed by atoms with Gasteiger partial charge in [-0.3, -0.25) is 4.68 Å². The second-order valence-corrected chi connectivity index (χ2v) is 7.69. The molecule has 2 aromatic heterocycles. The van der Waals surface area contributed by atoms with Gasteiger partial charge in [0, 0.05) is 18.8 Å². The Bertz CT molecular complexity index is 1050. The quantitative estimate of drug-likeness (QED) is 0.682. The molecule has 10 heteroatoms. The van der Waals surface area contributed by atoms with Gasteiger partial charge in [-0.15, -0.1) is 0 Å². The monoisotopic (exact) mass is 397 g/mol. The molecule has 3 rings (SSSR count). The maximum Gasteiger partial charge on any atom is 0.267 e. The van der Waals surface area contributed by atoms with Crippen LogP contribution in [-0.2, 0) is 17.1 Å². The number of rotatable bonds is 4. The van der Waals surface area contributed by atoms with E-state index in [4.69, 9.17) is 23.2 Å². The van der Waals surface area contributed by atoms with Crippen LogP contribution in [0.25, 0.3) is 11.3 Å². The lowest BCUT2D eigenvalue weighted by molar-refractivity contribution is 0.600. The molecule has 1 aromatic carbocycles. The third-order valence-electron chi connectivity index (χ3n) is 3.43. The minimum Gasteiger partial charge on any atom is -0.274 e. The highest BCUT2D eigenvalue weighted by Crippen LogP contribution is 2.33. The number of halogens is 2. The van der Waals surface area contributed by atoms with E-state index in [1.54, 1.807) is 7.05 Å². The van der Waals surface area contributed by atoms with Crippen molar-refractivity contribution in [2.75, 3.05) is 4.72 Å². The highest BCUT2D eigenvalue weighted by molar-refractivity contribution is 7.92. The lowest BCUT2D eigenvalue weighted by Gasteiger charge is -2.11. The van der Waals surface area contributed by atoms with Gasteiger partial charge >= 0.3 is 0 Å². The van der Waals surface area contributed by atoms with Gasteiger partial charge in [-0.25, -0.2) is 18.1 Å². The normalized spacial score (nSPS) is 11.5.